The second kappa shape index (κ2) is 6.19. The monoisotopic (exact) mass is 272 g/mol. The van der Waals surface area contributed by atoms with E-state index < -0.39 is 5.97 Å². The largest absolute Gasteiger partial charge is 0.457 e. The summed E-state index contributed by atoms with van der Waals surface area (Å²) < 4.78 is 10.0. The maximum absolute atomic E-state index is 11.6. The standard InChI is InChI=1S/C13H12N4O3/c14-13(15)17-16-8-9-3-5-10(6-4-9)20-12(18)11-2-1-7-19-11/h1-8H,(H4,14,15,17)/b16-8+. The van der Waals surface area contributed by atoms with Gasteiger partial charge in [-0.05, 0) is 42.0 Å². The molecule has 0 spiro atoms. The molecule has 7 nitrogen and oxygen atoms in total. The average Bonchev–Trinajstić information content (AvgIpc) is 2.94. The average molecular weight is 272 g/mol. The predicted octanol–water partition coefficient (Wildman–Crippen LogP) is 1.11. The van der Waals surface area contributed by atoms with E-state index in [1.54, 1.807) is 30.3 Å². The van der Waals surface area contributed by atoms with Gasteiger partial charge in [-0.15, -0.1) is 5.10 Å². The van der Waals surface area contributed by atoms with E-state index in [0.717, 1.165) is 5.56 Å². The second-order valence-corrected chi connectivity index (χ2v) is 3.71. The SMILES string of the molecule is NC(N)=N/N=C/c1ccc(OC(=O)c2ccco2)cc1. The summed E-state index contributed by atoms with van der Waals surface area (Å²) in [5.74, 6) is -0.143. The van der Waals surface area contributed by atoms with Gasteiger partial charge in [-0.3, -0.25) is 0 Å². The van der Waals surface area contributed by atoms with Gasteiger partial charge in [0.2, 0.25) is 11.7 Å². The Balaban J connectivity index is 2.00. The van der Waals surface area contributed by atoms with E-state index in [4.69, 9.17) is 20.6 Å². The highest BCUT2D eigenvalue weighted by Crippen LogP contribution is 2.13. The summed E-state index contributed by atoms with van der Waals surface area (Å²) in [5.41, 5.74) is 11.0. The number of nitrogens with two attached hydrogens (primary N) is 2. The van der Waals surface area contributed by atoms with E-state index >= 15 is 0 Å². The number of benzene rings is 1. The Kier molecular flexibility index (Phi) is 4.13. The van der Waals surface area contributed by atoms with Crippen LogP contribution in [0.25, 0.3) is 0 Å². The lowest BCUT2D eigenvalue weighted by molar-refractivity contribution is 0.0701. The fourth-order valence-corrected chi connectivity index (χ4v) is 1.34. The van der Waals surface area contributed by atoms with E-state index in [1.165, 1.54) is 18.5 Å². The molecule has 0 aliphatic heterocycles. The van der Waals surface area contributed by atoms with Gasteiger partial charge < -0.3 is 20.6 Å². The smallest absolute Gasteiger partial charge is 0.379 e. The van der Waals surface area contributed by atoms with E-state index in [1.807, 2.05) is 0 Å². The molecule has 0 saturated heterocycles. The summed E-state index contributed by atoms with van der Waals surface area (Å²) in [4.78, 5) is 11.6. The van der Waals surface area contributed by atoms with Crippen molar-refractivity contribution >= 4 is 18.1 Å². The Morgan fingerprint density at radius 1 is 1.20 bits per heavy atom. The molecule has 0 amide bonds. The Morgan fingerprint density at radius 2 is 1.95 bits per heavy atom. The molecule has 0 saturated carbocycles. The van der Waals surface area contributed by atoms with Gasteiger partial charge in [0.15, 0.2) is 0 Å². The van der Waals surface area contributed by atoms with Crippen LogP contribution in [0.3, 0.4) is 0 Å². The molecular formula is C13H12N4O3. The first-order valence-electron chi connectivity index (χ1n) is 5.63. The fraction of sp³-hybridized carbons (Fsp3) is 0. The van der Waals surface area contributed by atoms with Crippen LogP contribution in [0.1, 0.15) is 16.1 Å². The van der Waals surface area contributed by atoms with Crippen molar-refractivity contribution in [3.8, 4) is 5.75 Å². The molecule has 102 valence electrons. The van der Waals surface area contributed by atoms with Crippen LogP contribution in [-0.2, 0) is 0 Å². The van der Waals surface area contributed by atoms with Crippen molar-refractivity contribution in [2.45, 2.75) is 0 Å². The molecule has 0 unspecified atom stereocenters. The fourth-order valence-electron chi connectivity index (χ4n) is 1.34. The molecule has 0 aliphatic carbocycles. The summed E-state index contributed by atoms with van der Waals surface area (Å²) in [7, 11) is 0. The summed E-state index contributed by atoms with van der Waals surface area (Å²) in [5, 5.41) is 7.13. The van der Waals surface area contributed by atoms with Crippen molar-refractivity contribution in [1.82, 2.24) is 0 Å². The summed E-state index contributed by atoms with van der Waals surface area (Å²) in [6.45, 7) is 0. The zero-order valence-corrected chi connectivity index (χ0v) is 10.4. The van der Waals surface area contributed by atoms with Crippen LogP contribution in [-0.4, -0.2) is 18.1 Å². The first-order chi connectivity index (χ1) is 9.65. The van der Waals surface area contributed by atoms with Gasteiger partial charge in [-0.2, -0.15) is 5.10 Å². The van der Waals surface area contributed by atoms with Gasteiger partial charge in [0, 0.05) is 0 Å². The third-order valence-corrected chi connectivity index (χ3v) is 2.19. The molecular weight excluding hydrogens is 260 g/mol. The minimum absolute atomic E-state index is 0.120. The van der Waals surface area contributed by atoms with Gasteiger partial charge in [0.05, 0.1) is 12.5 Å². The molecule has 1 aromatic carbocycles. The van der Waals surface area contributed by atoms with Gasteiger partial charge in [0.1, 0.15) is 5.75 Å². The van der Waals surface area contributed by atoms with Crippen LogP contribution >= 0.6 is 0 Å². The highest BCUT2D eigenvalue weighted by Gasteiger charge is 2.10. The van der Waals surface area contributed by atoms with Gasteiger partial charge in [0.25, 0.3) is 0 Å². The zero-order valence-electron chi connectivity index (χ0n) is 10.4. The summed E-state index contributed by atoms with van der Waals surface area (Å²) in [6.07, 6.45) is 2.87. The highest BCUT2D eigenvalue weighted by atomic mass is 16.5. The van der Waals surface area contributed by atoms with Crippen molar-refractivity contribution < 1.29 is 13.9 Å². The molecule has 0 aliphatic rings. The number of esters is 1. The molecule has 0 radical (unpaired) electrons. The molecule has 0 fully saturated rings. The third kappa shape index (κ3) is 3.70. The van der Waals surface area contributed by atoms with E-state index in [0.29, 0.717) is 5.75 Å². The lowest BCUT2D eigenvalue weighted by Gasteiger charge is -2.02. The maximum atomic E-state index is 11.6. The number of carbonyl (C=O) groups is 1. The second-order valence-electron chi connectivity index (χ2n) is 3.71. The third-order valence-electron chi connectivity index (χ3n) is 2.19. The molecule has 7 heteroatoms. The zero-order chi connectivity index (χ0) is 14.4. The van der Waals surface area contributed by atoms with Crippen LogP contribution in [0, 0.1) is 0 Å². The lowest BCUT2D eigenvalue weighted by atomic mass is 10.2. The molecule has 20 heavy (non-hydrogen) atoms. The Bertz CT molecular complexity index is 626. The molecule has 0 bridgehead atoms. The molecule has 1 aromatic heterocycles. The van der Waals surface area contributed by atoms with Gasteiger partial charge in [-0.25, -0.2) is 4.79 Å². The maximum Gasteiger partial charge on any atom is 0.379 e. The quantitative estimate of drug-likeness (QED) is 0.284. The van der Waals surface area contributed by atoms with Crippen molar-refractivity contribution in [2.24, 2.45) is 21.7 Å². The number of ether oxygens (including phenoxy) is 1. The first kappa shape index (κ1) is 13.3. The lowest BCUT2D eigenvalue weighted by Crippen LogP contribution is -2.21. The summed E-state index contributed by atoms with van der Waals surface area (Å²) >= 11 is 0. The van der Waals surface area contributed by atoms with Crippen molar-refractivity contribution in [3.05, 3.63) is 54.0 Å². The van der Waals surface area contributed by atoms with Crippen molar-refractivity contribution in [3.63, 3.8) is 0 Å². The predicted molar refractivity (Wildman–Crippen MR) is 73.5 cm³/mol. The minimum Gasteiger partial charge on any atom is -0.457 e. The molecule has 0 atom stereocenters. The number of carbonyl (C=O) groups excluding carboxylic acids is 1. The number of guanidine groups is 1. The van der Waals surface area contributed by atoms with E-state index in [9.17, 15) is 4.79 Å². The van der Waals surface area contributed by atoms with Crippen LogP contribution in [0.4, 0.5) is 0 Å². The highest BCUT2D eigenvalue weighted by molar-refractivity contribution is 5.88. The first-order valence-corrected chi connectivity index (χ1v) is 5.63. The van der Waals surface area contributed by atoms with E-state index in [-0.39, 0.29) is 11.7 Å². The number of nitrogens with zero attached hydrogens (tertiary/aromatic N) is 2. The van der Waals surface area contributed by atoms with Gasteiger partial charge >= 0.3 is 5.97 Å². The Morgan fingerprint density at radius 3 is 2.55 bits per heavy atom. The molecule has 1 heterocycles. The molecule has 2 aromatic rings. The number of rotatable bonds is 4. The molecule has 4 N–H and O–H groups in total. The summed E-state index contributed by atoms with van der Waals surface area (Å²) in [6, 6.07) is 9.79. The van der Waals surface area contributed by atoms with Crippen molar-refractivity contribution in [1.29, 1.82) is 0 Å². The number of furan rings is 1. The minimum atomic E-state index is -0.558. The number of hydrogen-bond donors (Lipinski definition) is 2. The van der Waals surface area contributed by atoms with Crippen LogP contribution < -0.4 is 16.2 Å². The van der Waals surface area contributed by atoms with Crippen molar-refractivity contribution in [2.75, 3.05) is 0 Å². The number of hydrogen-bond acceptors (Lipinski definition) is 5. The van der Waals surface area contributed by atoms with Crippen LogP contribution in [0.2, 0.25) is 0 Å². The Hall–Kier alpha value is -3.09. The van der Waals surface area contributed by atoms with Crippen LogP contribution in [0.5, 0.6) is 5.75 Å². The normalized spacial score (nSPS) is 10.4. The Labute approximate surface area is 114 Å². The van der Waals surface area contributed by atoms with Crippen LogP contribution in [0.15, 0.2) is 57.3 Å². The van der Waals surface area contributed by atoms with Gasteiger partial charge in [-0.1, -0.05) is 0 Å². The molecule has 2 rings (SSSR count). The topological polar surface area (TPSA) is 116 Å². The van der Waals surface area contributed by atoms with E-state index in [2.05, 4.69) is 10.2 Å².